The monoisotopic (exact) mass is 430 g/mol. The Balaban J connectivity index is 0.00000264. The Morgan fingerprint density at radius 3 is 2.43 bits per heavy atom. The number of nitrogens with one attached hydrogen (secondary N) is 2. The zero-order chi connectivity index (χ0) is 15.8. The first-order valence-electron chi connectivity index (χ1n) is 6.90. The molecule has 0 bridgehead atoms. The van der Waals surface area contributed by atoms with Crippen LogP contribution in [0.25, 0.3) is 0 Å². The van der Waals surface area contributed by atoms with Gasteiger partial charge in [0.25, 0.3) is 0 Å². The zero-order valence-corrected chi connectivity index (χ0v) is 15.4. The number of hydrogen-bond acceptors (Lipinski definition) is 3. The lowest BCUT2D eigenvalue weighted by molar-refractivity contribution is 0.392. The van der Waals surface area contributed by atoms with Crippen molar-refractivity contribution in [1.29, 1.82) is 0 Å². The van der Waals surface area contributed by atoms with E-state index in [4.69, 9.17) is 4.74 Å². The summed E-state index contributed by atoms with van der Waals surface area (Å²) in [5, 5.41) is 6.22. The molecule has 2 aromatic rings. The largest absolute Gasteiger partial charge is 0.481 e. The van der Waals surface area contributed by atoms with Gasteiger partial charge in [-0.1, -0.05) is 24.3 Å². The third-order valence-corrected chi connectivity index (χ3v) is 3.12. The molecule has 0 atom stereocenters. The SMILES string of the molecule is CN=C(NCc1ccccc1F)NCc1cccnc1OC.I. The first-order valence-corrected chi connectivity index (χ1v) is 6.90. The minimum absolute atomic E-state index is 0. The molecule has 0 unspecified atom stereocenters. The molecule has 0 spiro atoms. The number of nitrogens with zero attached hydrogens (tertiary/aromatic N) is 2. The van der Waals surface area contributed by atoms with Crippen molar-refractivity contribution in [2.45, 2.75) is 13.1 Å². The number of rotatable bonds is 5. The first-order chi connectivity index (χ1) is 10.7. The van der Waals surface area contributed by atoms with Gasteiger partial charge in [-0.2, -0.15) is 0 Å². The van der Waals surface area contributed by atoms with Crippen LogP contribution in [-0.2, 0) is 13.1 Å². The maximum atomic E-state index is 13.6. The minimum atomic E-state index is -0.237. The van der Waals surface area contributed by atoms with E-state index < -0.39 is 0 Å². The van der Waals surface area contributed by atoms with Crippen LogP contribution >= 0.6 is 24.0 Å². The van der Waals surface area contributed by atoms with E-state index in [1.807, 2.05) is 12.1 Å². The fourth-order valence-corrected chi connectivity index (χ4v) is 1.96. The fourth-order valence-electron chi connectivity index (χ4n) is 1.96. The normalized spacial score (nSPS) is 10.7. The third kappa shape index (κ3) is 5.66. The number of aliphatic imine (C=N–C) groups is 1. The molecule has 2 N–H and O–H groups in total. The van der Waals surface area contributed by atoms with Gasteiger partial charge < -0.3 is 15.4 Å². The summed E-state index contributed by atoms with van der Waals surface area (Å²) in [6.45, 7) is 0.866. The Morgan fingerprint density at radius 2 is 1.78 bits per heavy atom. The maximum Gasteiger partial charge on any atom is 0.218 e. The van der Waals surface area contributed by atoms with Crippen molar-refractivity contribution < 1.29 is 9.13 Å². The number of methoxy groups -OCH3 is 1. The van der Waals surface area contributed by atoms with Gasteiger partial charge in [0.2, 0.25) is 5.88 Å². The summed E-state index contributed by atoms with van der Waals surface area (Å²) in [7, 11) is 3.24. The highest BCUT2D eigenvalue weighted by atomic mass is 127. The Kier molecular flexibility index (Phi) is 8.31. The van der Waals surface area contributed by atoms with Crippen molar-refractivity contribution in [3.63, 3.8) is 0 Å². The summed E-state index contributed by atoms with van der Waals surface area (Å²) in [6, 6.07) is 10.4. The van der Waals surface area contributed by atoms with Crippen LogP contribution < -0.4 is 15.4 Å². The predicted molar refractivity (Wildman–Crippen MR) is 99.6 cm³/mol. The van der Waals surface area contributed by atoms with Crippen molar-refractivity contribution in [3.8, 4) is 5.88 Å². The number of benzene rings is 1. The molecule has 0 saturated heterocycles. The van der Waals surface area contributed by atoms with Crippen molar-refractivity contribution in [3.05, 3.63) is 59.5 Å². The summed E-state index contributed by atoms with van der Waals surface area (Å²) in [6.07, 6.45) is 1.67. The topological polar surface area (TPSA) is 58.5 Å². The number of ether oxygens (including phenoxy) is 1. The molecule has 0 fully saturated rings. The van der Waals surface area contributed by atoms with E-state index in [2.05, 4.69) is 20.6 Å². The lowest BCUT2D eigenvalue weighted by Crippen LogP contribution is -2.36. The van der Waals surface area contributed by atoms with Gasteiger partial charge in [-0.3, -0.25) is 4.99 Å². The second kappa shape index (κ2) is 9.98. The highest BCUT2D eigenvalue weighted by molar-refractivity contribution is 14.0. The van der Waals surface area contributed by atoms with Crippen LogP contribution in [0.15, 0.2) is 47.6 Å². The van der Waals surface area contributed by atoms with Crippen LogP contribution in [0.2, 0.25) is 0 Å². The van der Waals surface area contributed by atoms with E-state index in [1.165, 1.54) is 6.07 Å². The molecule has 0 aliphatic heterocycles. The molecule has 0 aliphatic rings. The third-order valence-electron chi connectivity index (χ3n) is 3.12. The highest BCUT2D eigenvalue weighted by Gasteiger charge is 2.05. The summed E-state index contributed by atoms with van der Waals surface area (Å²) in [5.74, 6) is 0.910. The van der Waals surface area contributed by atoms with Crippen LogP contribution in [0.5, 0.6) is 5.88 Å². The average Bonchev–Trinajstić information content (AvgIpc) is 2.56. The van der Waals surface area contributed by atoms with Gasteiger partial charge >= 0.3 is 0 Å². The van der Waals surface area contributed by atoms with E-state index in [0.717, 1.165) is 5.56 Å². The van der Waals surface area contributed by atoms with Crippen LogP contribution in [-0.4, -0.2) is 25.1 Å². The van der Waals surface area contributed by atoms with E-state index >= 15 is 0 Å². The molecular weight excluding hydrogens is 410 g/mol. The summed E-state index contributed by atoms with van der Waals surface area (Å²) in [4.78, 5) is 8.25. The second-order valence-electron chi connectivity index (χ2n) is 4.54. The van der Waals surface area contributed by atoms with Gasteiger partial charge in [-0.25, -0.2) is 9.37 Å². The van der Waals surface area contributed by atoms with Gasteiger partial charge in [-0.05, 0) is 12.1 Å². The second-order valence-corrected chi connectivity index (χ2v) is 4.54. The highest BCUT2D eigenvalue weighted by Crippen LogP contribution is 2.12. The number of pyridine rings is 1. The standard InChI is InChI=1S/C16H19FN4O.HI/c1-18-16(20-10-12-6-3-4-8-14(12)17)21-11-13-7-5-9-19-15(13)22-2;/h3-9H,10-11H2,1-2H3,(H2,18,20,21);1H. The summed E-state index contributed by atoms with van der Waals surface area (Å²) >= 11 is 0. The molecule has 1 aromatic carbocycles. The molecule has 23 heavy (non-hydrogen) atoms. The fraction of sp³-hybridized carbons (Fsp3) is 0.250. The van der Waals surface area contributed by atoms with Crippen LogP contribution in [0.1, 0.15) is 11.1 Å². The zero-order valence-electron chi connectivity index (χ0n) is 13.0. The lowest BCUT2D eigenvalue weighted by atomic mass is 10.2. The molecule has 1 heterocycles. The van der Waals surface area contributed by atoms with Gasteiger partial charge in [0.1, 0.15) is 5.82 Å². The van der Waals surface area contributed by atoms with E-state index in [1.54, 1.807) is 38.6 Å². The number of guanidine groups is 1. The van der Waals surface area contributed by atoms with Crippen LogP contribution in [0.3, 0.4) is 0 Å². The van der Waals surface area contributed by atoms with Gasteiger partial charge in [0.15, 0.2) is 5.96 Å². The van der Waals surface area contributed by atoms with Gasteiger partial charge in [-0.15, -0.1) is 24.0 Å². The maximum absolute atomic E-state index is 13.6. The van der Waals surface area contributed by atoms with Gasteiger partial charge in [0.05, 0.1) is 7.11 Å². The predicted octanol–water partition coefficient (Wildman–Crippen LogP) is 2.71. The lowest BCUT2D eigenvalue weighted by Gasteiger charge is -2.13. The molecule has 0 aliphatic carbocycles. The molecular formula is C16H20FIN4O. The minimum Gasteiger partial charge on any atom is -0.481 e. The summed E-state index contributed by atoms with van der Waals surface area (Å²) in [5.41, 5.74) is 1.50. The molecule has 0 radical (unpaired) electrons. The van der Waals surface area contributed by atoms with Crippen LogP contribution in [0, 0.1) is 5.82 Å². The molecule has 5 nitrogen and oxygen atoms in total. The summed E-state index contributed by atoms with van der Waals surface area (Å²) < 4.78 is 18.8. The molecule has 0 saturated carbocycles. The Hall–Kier alpha value is -1.90. The van der Waals surface area contributed by atoms with E-state index in [-0.39, 0.29) is 29.8 Å². The average molecular weight is 430 g/mol. The molecule has 2 rings (SSSR count). The molecule has 7 heteroatoms. The number of hydrogen-bond donors (Lipinski definition) is 2. The molecule has 1 aromatic heterocycles. The van der Waals surface area contributed by atoms with Gasteiger partial charge in [0, 0.05) is 37.5 Å². The quantitative estimate of drug-likeness (QED) is 0.435. The van der Waals surface area contributed by atoms with Crippen LogP contribution in [0.4, 0.5) is 4.39 Å². The number of aromatic nitrogens is 1. The van der Waals surface area contributed by atoms with Crippen molar-refractivity contribution in [2.24, 2.45) is 4.99 Å². The Bertz CT molecular complexity index is 651. The van der Waals surface area contributed by atoms with Crippen molar-refractivity contribution >= 4 is 29.9 Å². The molecule has 0 amide bonds. The Morgan fingerprint density at radius 1 is 1.13 bits per heavy atom. The van der Waals surface area contributed by atoms with E-state index in [9.17, 15) is 4.39 Å². The van der Waals surface area contributed by atoms with Crippen molar-refractivity contribution in [1.82, 2.24) is 15.6 Å². The Labute approximate surface area is 152 Å². The molecule has 124 valence electrons. The smallest absolute Gasteiger partial charge is 0.218 e. The van der Waals surface area contributed by atoms with E-state index in [0.29, 0.717) is 30.5 Å². The number of halogens is 2. The first kappa shape index (κ1) is 19.1. The van der Waals surface area contributed by atoms with Crippen molar-refractivity contribution in [2.75, 3.05) is 14.2 Å².